The summed E-state index contributed by atoms with van der Waals surface area (Å²) in [7, 11) is 0. The molecule has 2 rings (SSSR count). The summed E-state index contributed by atoms with van der Waals surface area (Å²) in [6, 6.07) is 4.08. The summed E-state index contributed by atoms with van der Waals surface area (Å²) in [5.41, 5.74) is 7.74. The fourth-order valence-electron chi connectivity index (χ4n) is 1.68. The molecule has 0 unspecified atom stereocenters. The highest BCUT2D eigenvalue weighted by Gasteiger charge is 2.08. The van der Waals surface area contributed by atoms with E-state index in [1.54, 1.807) is 10.9 Å². The summed E-state index contributed by atoms with van der Waals surface area (Å²) in [6.45, 7) is 3.93. The number of amides is 1. The van der Waals surface area contributed by atoms with Gasteiger partial charge in [0.05, 0.1) is 17.7 Å². The minimum Gasteiger partial charge on any atom is -0.396 e. The van der Waals surface area contributed by atoms with E-state index in [-0.39, 0.29) is 18.1 Å². The van der Waals surface area contributed by atoms with E-state index in [1.165, 1.54) is 18.2 Å². The predicted octanol–water partition coefficient (Wildman–Crippen LogP) is 1.86. The van der Waals surface area contributed by atoms with Gasteiger partial charge in [0.15, 0.2) is 0 Å². The van der Waals surface area contributed by atoms with Gasteiger partial charge in [-0.15, -0.1) is 0 Å². The number of aromatic nitrogens is 2. The first-order valence-corrected chi connectivity index (χ1v) is 5.80. The Labute approximate surface area is 110 Å². The molecule has 0 aliphatic heterocycles. The van der Waals surface area contributed by atoms with Crippen molar-refractivity contribution in [2.45, 2.75) is 20.4 Å². The van der Waals surface area contributed by atoms with Crippen LogP contribution in [0.3, 0.4) is 0 Å². The van der Waals surface area contributed by atoms with Gasteiger partial charge in [0.1, 0.15) is 12.4 Å². The lowest BCUT2D eigenvalue weighted by Crippen LogP contribution is -2.19. The average Bonchev–Trinajstić information content (AvgIpc) is 2.66. The van der Waals surface area contributed by atoms with Crippen LogP contribution in [0.5, 0.6) is 0 Å². The zero-order chi connectivity index (χ0) is 14.0. The molecule has 1 amide bonds. The first-order chi connectivity index (χ1) is 8.97. The Balaban J connectivity index is 2.05. The fourth-order valence-corrected chi connectivity index (χ4v) is 1.68. The number of carbonyl (C=O) groups is 1. The molecule has 0 radical (unpaired) electrons. The van der Waals surface area contributed by atoms with Crippen molar-refractivity contribution >= 4 is 17.3 Å². The lowest BCUT2D eigenvalue weighted by molar-refractivity contribution is -0.116. The Morgan fingerprint density at radius 1 is 1.47 bits per heavy atom. The minimum atomic E-state index is -0.501. The number of nitrogens with one attached hydrogen (secondary N) is 1. The summed E-state index contributed by atoms with van der Waals surface area (Å²) in [6.07, 6.45) is 1.61. The number of hydrogen-bond donors (Lipinski definition) is 2. The molecule has 1 aromatic heterocycles. The number of anilines is 2. The summed E-state index contributed by atoms with van der Waals surface area (Å²) in [4.78, 5) is 16.0. The van der Waals surface area contributed by atoms with E-state index in [9.17, 15) is 9.18 Å². The third kappa shape index (κ3) is 2.90. The molecule has 0 saturated carbocycles. The van der Waals surface area contributed by atoms with Gasteiger partial charge < -0.3 is 15.6 Å². The van der Waals surface area contributed by atoms with Crippen molar-refractivity contribution in [2.75, 3.05) is 11.1 Å². The van der Waals surface area contributed by atoms with Crippen LogP contribution in [-0.2, 0) is 11.3 Å². The van der Waals surface area contributed by atoms with Crippen LogP contribution in [0.25, 0.3) is 0 Å². The van der Waals surface area contributed by atoms with Crippen LogP contribution >= 0.6 is 0 Å². The molecule has 0 fully saturated rings. The molecule has 5 nitrogen and oxygen atoms in total. The molecule has 1 aromatic carbocycles. The van der Waals surface area contributed by atoms with Gasteiger partial charge >= 0.3 is 0 Å². The quantitative estimate of drug-likeness (QED) is 0.829. The number of hydrogen-bond acceptors (Lipinski definition) is 3. The third-order valence-corrected chi connectivity index (χ3v) is 2.94. The Kier molecular flexibility index (Phi) is 3.50. The normalized spacial score (nSPS) is 10.5. The molecule has 0 saturated heterocycles. The summed E-state index contributed by atoms with van der Waals surface area (Å²) in [5, 5.41) is 2.66. The average molecular weight is 262 g/mol. The van der Waals surface area contributed by atoms with Crippen LogP contribution in [0.2, 0.25) is 0 Å². The SMILES string of the molecule is Cc1ncn(CC(=O)Nc2ccc(F)c(N)c2)c1C. The van der Waals surface area contributed by atoms with Crippen molar-refractivity contribution in [1.29, 1.82) is 0 Å². The lowest BCUT2D eigenvalue weighted by atomic mass is 10.2. The first-order valence-electron chi connectivity index (χ1n) is 5.80. The van der Waals surface area contributed by atoms with Crippen molar-refractivity contribution in [3.05, 3.63) is 41.7 Å². The highest BCUT2D eigenvalue weighted by Crippen LogP contribution is 2.16. The van der Waals surface area contributed by atoms with Crippen molar-refractivity contribution in [3.8, 4) is 0 Å². The first kappa shape index (κ1) is 13.1. The van der Waals surface area contributed by atoms with Crippen molar-refractivity contribution < 1.29 is 9.18 Å². The van der Waals surface area contributed by atoms with Crippen molar-refractivity contribution in [1.82, 2.24) is 9.55 Å². The Bertz CT molecular complexity index is 621. The molecule has 100 valence electrons. The van der Waals surface area contributed by atoms with Gasteiger partial charge in [0.25, 0.3) is 0 Å². The largest absolute Gasteiger partial charge is 0.396 e. The van der Waals surface area contributed by atoms with Crippen LogP contribution in [0, 0.1) is 19.7 Å². The molecular formula is C13H15FN4O. The highest BCUT2D eigenvalue weighted by molar-refractivity contribution is 5.91. The van der Waals surface area contributed by atoms with Crippen LogP contribution in [0.15, 0.2) is 24.5 Å². The number of nitrogen functional groups attached to an aromatic ring is 1. The molecule has 6 heteroatoms. The zero-order valence-electron chi connectivity index (χ0n) is 10.8. The standard InChI is InChI=1S/C13H15FN4O/c1-8-9(2)18(7-16-8)6-13(19)17-10-3-4-11(14)12(15)5-10/h3-5,7H,6,15H2,1-2H3,(H,17,19). The number of aryl methyl sites for hydroxylation is 1. The summed E-state index contributed by atoms with van der Waals surface area (Å²) in [5.74, 6) is -0.717. The van der Waals surface area contributed by atoms with Gasteiger partial charge in [-0.05, 0) is 32.0 Å². The third-order valence-electron chi connectivity index (χ3n) is 2.94. The van der Waals surface area contributed by atoms with Gasteiger partial charge in [0.2, 0.25) is 5.91 Å². The van der Waals surface area contributed by atoms with E-state index in [0.717, 1.165) is 11.4 Å². The Morgan fingerprint density at radius 3 is 2.79 bits per heavy atom. The van der Waals surface area contributed by atoms with Gasteiger partial charge in [0, 0.05) is 11.4 Å². The maximum absolute atomic E-state index is 13.0. The second kappa shape index (κ2) is 5.09. The van der Waals surface area contributed by atoms with Gasteiger partial charge in [-0.2, -0.15) is 0 Å². The van der Waals surface area contributed by atoms with E-state index >= 15 is 0 Å². The number of halogens is 1. The number of rotatable bonds is 3. The van der Waals surface area contributed by atoms with E-state index in [1.807, 2.05) is 13.8 Å². The fraction of sp³-hybridized carbons (Fsp3) is 0.231. The van der Waals surface area contributed by atoms with Crippen LogP contribution in [0.1, 0.15) is 11.4 Å². The smallest absolute Gasteiger partial charge is 0.244 e. The van der Waals surface area contributed by atoms with Gasteiger partial charge in [-0.25, -0.2) is 9.37 Å². The summed E-state index contributed by atoms with van der Waals surface area (Å²) >= 11 is 0. The van der Waals surface area contributed by atoms with E-state index in [4.69, 9.17) is 5.73 Å². The number of nitrogens with zero attached hydrogens (tertiary/aromatic N) is 2. The molecule has 19 heavy (non-hydrogen) atoms. The van der Waals surface area contributed by atoms with Crippen LogP contribution < -0.4 is 11.1 Å². The van der Waals surface area contributed by atoms with Gasteiger partial charge in [-0.1, -0.05) is 0 Å². The number of carbonyl (C=O) groups excluding carboxylic acids is 1. The molecule has 1 heterocycles. The highest BCUT2D eigenvalue weighted by atomic mass is 19.1. The number of benzene rings is 1. The van der Waals surface area contributed by atoms with E-state index in [0.29, 0.717) is 5.69 Å². The second-order valence-corrected chi connectivity index (χ2v) is 4.33. The Hall–Kier alpha value is -2.37. The zero-order valence-corrected chi connectivity index (χ0v) is 10.8. The molecule has 2 aromatic rings. The topological polar surface area (TPSA) is 72.9 Å². The second-order valence-electron chi connectivity index (χ2n) is 4.33. The predicted molar refractivity (Wildman–Crippen MR) is 71.1 cm³/mol. The van der Waals surface area contributed by atoms with Crippen molar-refractivity contribution in [2.24, 2.45) is 0 Å². The van der Waals surface area contributed by atoms with Crippen LogP contribution in [-0.4, -0.2) is 15.5 Å². The molecule has 0 atom stereocenters. The van der Waals surface area contributed by atoms with E-state index in [2.05, 4.69) is 10.3 Å². The molecule has 0 spiro atoms. The monoisotopic (exact) mass is 262 g/mol. The minimum absolute atomic E-state index is 0.00690. The van der Waals surface area contributed by atoms with Crippen molar-refractivity contribution in [3.63, 3.8) is 0 Å². The molecule has 0 bridgehead atoms. The summed E-state index contributed by atoms with van der Waals surface area (Å²) < 4.78 is 14.7. The lowest BCUT2D eigenvalue weighted by Gasteiger charge is -2.08. The molecule has 0 aliphatic carbocycles. The number of imidazole rings is 1. The van der Waals surface area contributed by atoms with Crippen LogP contribution in [0.4, 0.5) is 15.8 Å². The molecule has 0 aliphatic rings. The maximum atomic E-state index is 13.0. The molecular weight excluding hydrogens is 247 g/mol. The maximum Gasteiger partial charge on any atom is 0.244 e. The van der Waals surface area contributed by atoms with Gasteiger partial charge in [-0.3, -0.25) is 4.79 Å². The van der Waals surface area contributed by atoms with E-state index < -0.39 is 5.82 Å². The Morgan fingerprint density at radius 2 is 2.21 bits per heavy atom. The number of nitrogens with two attached hydrogens (primary N) is 1. The molecule has 3 N–H and O–H groups in total.